The summed E-state index contributed by atoms with van der Waals surface area (Å²) in [6, 6.07) is 4.95. The van der Waals surface area contributed by atoms with Crippen LogP contribution in [0.4, 0.5) is 10.5 Å². The lowest BCUT2D eigenvalue weighted by molar-refractivity contribution is 0.0913. The number of amides is 2. The zero-order valence-corrected chi connectivity index (χ0v) is 14.0. The third-order valence-electron chi connectivity index (χ3n) is 4.27. The lowest BCUT2D eigenvalue weighted by Crippen LogP contribution is -2.40. The van der Waals surface area contributed by atoms with Crippen molar-refractivity contribution in [3.8, 4) is 0 Å². The molecule has 0 unspecified atom stereocenters. The summed E-state index contributed by atoms with van der Waals surface area (Å²) in [7, 11) is 1.91. The first kappa shape index (κ1) is 15.6. The van der Waals surface area contributed by atoms with Crippen molar-refractivity contribution in [2.75, 3.05) is 11.9 Å². The van der Waals surface area contributed by atoms with Crippen molar-refractivity contribution < 1.29 is 13.9 Å². The van der Waals surface area contributed by atoms with E-state index < -0.39 is 0 Å². The predicted molar refractivity (Wildman–Crippen MR) is 91.2 cm³/mol. The van der Waals surface area contributed by atoms with E-state index in [1.165, 1.54) is 0 Å². The summed E-state index contributed by atoms with van der Waals surface area (Å²) in [5.41, 5.74) is 2.07. The van der Waals surface area contributed by atoms with Crippen molar-refractivity contribution >= 4 is 22.8 Å². The molecule has 2 N–H and O–H groups in total. The Bertz CT molecular complexity index is 916. The van der Waals surface area contributed by atoms with Crippen LogP contribution >= 0.6 is 0 Å². The number of aryl methyl sites for hydroxylation is 2. The lowest BCUT2D eigenvalue weighted by atomic mass is 10.1. The zero-order valence-electron chi connectivity index (χ0n) is 14.0. The van der Waals surface area contributed by atoms with Crippen LogP contribution < -0.4 is 10.6 Å². The molecular formula is C17H19N5O3. The molecule has 3 heterocycles. The Hall–Kier alpha value is -2.87. The zero-order chi connectivity index (χ0) is 17.4. The number of ether oxygens (including phenoxy) is 1. The molecule has 3 aromatic rings. The first-order chi connectivity index (χ1) is 12.1. The van der Waals surface area contributed by atoms with Gasteiger partial charge in [0.15, 0.2) is 11.5 Å². The number of nitrogens with one attached hydrogen (secondary N) is 2. The van der Waals surface area contributed by atoms with Gasteiger partial charge in [0.25, 0.3) is 0 Å². The number of rotatable bonds is 3. The number of fused-ring (bicyclic) bond motifs is 1. The first-order valence-corrected chi connectivity index (χ1v) is 8.14. The van der Waals surface area contributed by atoms with Crippen LogP contribution in [0.5, 0.6) is 0 Å². The average Bonchev–Trinajstić information content (AvgIpc) is 3.26. The molecule has 1 fully saturated rings. The molecular weight excluding hydrogens is 322 g/mol. The topological polar surface area (TPSA) is 94.2 Å². The van der Waals surface area contributed by atoms with Crippen molar-refractivity contribution in [3.63, 3.8) is 0 Å². The molecule has 0 spiro atoms. The molecule has 8 nitrogen and oxygen atoms in total. The SMILES string of the molecule is Cc1nc2cc(NC(=O)N[C@@H]3CCO[C@H]3c3nccn3C)ccc2o1. The van der Waals surface area contributed by atoms with Crippen molar-refractivity contribution in [2.24, 2.45) is 7.05 Å². The molecule has 2 atom stereocenters. The maximum atomic E-state index is 12.4. The highest BCUT2D eigenvalue weighted by Gasteiger charge is 2.33. The fourth-order valence-corrected chi connectivity index (χ4v) is 3.10. The number of imidazole rings is 1. The molecule has 0 aliphatic carbocycles. The summed E-state index contributed by atoms with van der Waals surface area (Å²) in [5, 5.41) is 5.81. The molecule has 2 amide bonds. The Balaban J connectivity index is 1.44. The van der Waals surface area contributed by atoms with Crippen LogP contribution in [-0.4, -0.2) is 33.2 Å². The van der Waals surface area contributed by atoms with E-state index in [-0.39, 0.29) is 18.2 Å². The minimum atomic E-state index is -0.283. The first-order valence-electron chi connectivity index (χ1n) is 8.14. The van der Waals surface area contributed by atoms with Gasteiger partial charge in [0, 0.05) is 38.7 Å². The Labute approximate surface area is 144 Å². The van der Waals surface area contributed by atoms with Crippen molar-refractivity contribution in [2.45, 2.75) is 25.5 Å². The molecule has 1 aliphatic rings. The molecule has 2 aromatic heterocycles. The standard InChI is InChI=1S/C17H19N5O3/c1-10-19-13-9-11(3-4-14(13)25-10)20-17(23)21-12-5-8-24-15(12)16-18-6-7-22(16)2/h3-4,6-7,9,12,15H,5,8H2,1-2H3,(H2,20,21,23)/t12-,15-/m1/s1. The van der Waals surface area contributed by atoms with E-state index in [0.717, 1.165) is 12.2 Å². The number of hydrogen-bond acceptors (Lipinski definition) is 5. The molecule has 25 heavy (non-hydrogen) atoms. The van der Waals surface area contributed by atoms with Gasteiger partial charge in [-0.1, -0.05) is 0 Å². The maximum Gasteiger partial charge on any atom is 0.319 e. The van der Waals surface area contributed by atoms with Crippen LogP contribution in [0.25, 0.3) is 11.1 Å². The summed E-state index contributed by atoms with van der Waals surface area (Å²) < 4.78 is 13.1. The number of nitrogens with zero attached hydrogens (tertiary/aromatic N) is 3. The van der Waals surface area contributed by atoms with Gasteiger partial charge < -0.3 is 24.4 Å². The fourth-order valence-electron chi connectivity index (χ4n) is 3.10. The number of carbonyl (C=O) groups is 1. The molecule has 8 heteroatoms. The van der Waals surface area contributed by atoms with E-state index in [9.17, 15) is 4.79 Å². The summed E-state index contributed by atoms with van der Waals surface area (Å²) in [4.78, 5) is 21.0. The molecule has 0 saturated carbocycles. The number of hydrogen-bond donors (Lipinski definition) is 2. The van der Waals surface area contributed by atoms with Gasteiger partial charge in [-0.15, -0.1) is 0 Å². The fraction of sp³-hybridized carbons (Fsp3) is 0.353. The van der Waals surface area contributed by atoms with Gasteiger partial charge in [0.1, 0.15) is 17.4 Å². The summed E-state index contributed by atoms with van der Waals surface area (Å²) >= 11 is 0. The van der Waals surface area contributed by atoms with E-state index in [4.69, 9.17) is 9.15 Å². The van der Waals surface area contributed by atoms with Crippen molar-refractivity contribution in [1.82, 2.24) is 19.9 Å². The average molecular weight is 341 g/mol. The Morgan fingerprint density at radius 3 is 3.08 bits per heavy atom. The maximum absolute atomic E-state index is 12.4. The van der Waals surface area contributed by atoms with Crippen molar-refractivity contribution in [1.29, 1.82) is 0 Å². The predicted octanol–water partition coefficient (Wildman–Crippen LogP) is 2.52. The summed E-state index contributed by atoms with van der Waals surface area (Å²) in [5.74, 6) is 1.40. The second-order valence-corrected chi connectivity index (χ2v) is 6.10. The van der Waals surface area contributed by atoms with Crippen LogP contribution in [0.15, 0.2) is 35.0 Å². The number of carbonyl (C=O) groups excluding carboxylic acids is 1. The Morgan fingerprint density at radius 1 is 1.40 bits per heavy atom. The number of benzene rings is 1. The summed E-state index contributed by atoms with van der Waals surface area (Å²) in [6.07, 6.45) is 4.09. The van der Waals surface area contributed by atoms with Gasteiger partial charge in [0.05, 0.1) is 6.04 Å². The smallest absolute Gasteiger partial charge is 0.319 e. The number of urea groups is 1. The largest absolute Gasteiger partial charge is 0.441 e. The van der Waals surface area contributed by atoms with Crippen molar-refractivity contribution in [3.05, 3.63) is 42.3 Å². The minimum Gasteiger partial charge on any atom is -0.441 e. The highest BCUT2D eigenvalue weighted by Crippen LogP contribution is 2.28. The second kappa shape index (κ2) is 6.21. The molecule has 4 rings (SSSR count). The van der Waals surface area contributed by atoms with E-state index in [0.29, 0.717) is 29.3 Å². The lowest BCUT2D eigenvalue weighted by Gasteiger charge is -2.19. The molecule has 130 valence electrons. The van der Waals surface area contributed by atoms with Crippen LogP contribution in [0, 0.1) is 6.92 Å². The van der Waals surface area contributed by atoms with Gasteiger partial charge in [-0.25, -0.2) is 14.8 Å². The van der Waals surface area contributed by atoms with Gasteiger partial charge in [-0.3, -0.25) is 0 Å². The third kappa shape index (κ3) is 3.08. The molecule has 1 aliphatic heterocycles. The highest BCUT2D eigenvalue weighted by atomic mass is 16.5. The summed E-state index contributed by atoms with van der Waals surface area (Å²) in [6.45, 7) is 2.38. The van der Waals surface area contributed by atoms with Gasteiger partial charge >= 0.3 is 6.03 Å². The van der Waals surface area contributed by atoms with E-state index in [1.54, 1.807) is 31.3 Å². The molecule has 0 bridgehead atoms. The van der Waals surface area contributed by atoms with Gasteiger partial charge in [-0.2, -0.15) is 0 Å². The number of anilines is 1. The quantitative estimate of drug-likeness (QED) is 0.763. The van der Waals surface area contributed by atoms with E-state index >= 15 is 0 Å². The van der Waals surface area contributed by atoms with Crippen LogP contribution in [0.1, 0.15) is 24.2 Å². The number of aromatic nitrogens is 3. The Kier molecular flexibility index (Phi) is 3.89. The molecule has 1 aromatic carbocycles. The monoisotopic (exact) mass is 341 g/mol. The van der Waals surface area contributed by atoms with Gasteiger partial charge in [-0.05, 0) is 24.6 Å². The van der Waals surface area contributed by atoms with Gasteiger partial charge in [0.2, 0.25) is 0 Å². The Morgan fingerprint density at radius 2 is 2.28 bits per heavy atom. The van der Waals surface area contributed by atoms with E-state index in [2.05, 4.69) is 20.6 Å². The van der Waals surface area contributed by atoms with Crippen LogP contribution in [0.3, 0.4) is 0 Å². The van der Waals surface area contributed by atoms with Crippen LogP contribution in [0.2, 0.25) is 0 Å². The second-order valence-electron chi connectivity index (χ2n) is 6.10. The third-order valence-corrected chi connectivity index (χ3v) is 4.27. The number of oxazole rings is 1. The molecule has 0 radical (unpaired) electrons. The minimum absolute atomic E-state index is 0.126. The molecule has 1 saturated heterocycles. The highest BCUT2D eigenvalue weighted by molar-refractivity contribution is 5.91. The van der Waals surface area contributed by atoms with Crippen LogP contribution in [-0.2, 0) is 11.8 Å². The van der Waals surface area contributed by atoms with E-state index in [1.807, 2.05) is 17.8 Å². The normalized spacial score (nSPS) is 20.1.